The number of carbonyl (C=O) groups excluding carboxylic acids is 2. The molecule has 0 atom stereocenters. The maximum absolute atomic E-state index is 9.18. The summed E-state index contributed by atoms with van der Waals surface area (Å²) in [7, 11) is 0. The van der Waals surface area contributed by atoms with Gasteiger partial charge in [0.05, 0.1) is 5.97 Å². The summed E-state index contributed by atoms with van der Waals surface area (Å²) in [6.45, 7) is 0. The van der Waals surface area contributed by atoms with E-state index in [0.29, 0.717) is 0 Å². The van der Waals surface area contributed by atoms with Gasteiger partial charge in [0, 0.05) is 5.75 Å². The third-order valence-corrected chi connectivity index (χ3v) is 0.387. The van der Waals surface area contributed by atoms with E-state index in [1.807, 2.05) is 0 Å². The van der Waals surface area contributed by atoms with Crippen LogP contribution in [0, 0.1) is 0 Å². The predicted molar refractivity (Wildman–Crippen MR) is 37.4 cm³/mol. The van der Waals surface area contributed by atoms with Crippen molar-refractivity contribution in [1.82, 2.24) is 0 Å². The number of carboxylic acid groups (broad SMARTS) is 1. The quantitative estimate of drug-likeness (QED) is 0.289. The van der Waals surface area contributed by atoms with E-state index < -0.39 is 11.2 Å². The Morgan fingerprint density at radius 3 is 1.60 bits per heavy atom. The van der Waals surface area contributed by atoms with Crippen LogP contribution in [0.1, 0.15) is 0 Å². The van der Waals surface area contributed by atoms with E-state index >= 15 is 0 Å². The zero-order valence-electron chi connectivity index (χ0n) is 5.40. The molecule has 0 saturated heterocycles. The molecule has 0 aliphatic rings. The molecule has 7 heteroatoms. The van der Waals surface area contributed by atoms with Crippen molar-refractivity contribution >= 4 is 36.5 Å². The van der Waals surface area contributed by atoms with E-state index in [2.05, 4.69) is 31.0 Å². The van der Waals surface area contributed by atoms with Crippen molar-refractivity contribution in [1.29, 1.82) is 0 Å². The third kappa shape index (κ3) is 72.4. The van der Waals surface area contributed by atoms with E-state index in [4.69, 9.17) is 4.79 Å². The van der Waals surface area contributed by atoms with Gasteiger partial charge >= 0.3 is 29.6 Å². The zero-order chi connectivity index (χ0) is 7.86. The van der Waals surface area contributed by atoms with Crippen molar-refractivity contribution < 1.29 is 44.3 Å². The standard InChI is InChI=1S/C2H4O2S.CH3NOS.Na/c3-2(4)1-5;2-1(3)4;/h5H,1H2,(H,3,4);(H3,2,3,4);/q;;+1/p-1. The normalized spacial score (nSPS) is 6.20. The molecule has 0 radical (unpaired) electrons. The van der Waals surface area contributed by atoms with Crippen molar-refractivity contribution in [3.8, 4) is 0 Å². The minimum absolute atomic E-state index is 0. The number of hydrogen-bond acceptors (Lipinski definition) is 4. The summed E-state index contributed by atoms with van der Waals surface area (Å²) < 4.78 is 0. The van der Waals surface area contributed by atoms with Gasteiger partial charge < -0.3 is 15.6 Å². The van der Waals surface area contributed by atoms with Crippen LogP contribution in [0.5, 0.6) is 0 Å². The summed E-state index contributed by atoms with van der Waals surface area (Å²) in [6, 6.07) is 0. The largest absolute Gasteiger partial charge is 1.00 e. The van der Waals surface area contributed by atoms with E-state index in [1.54, 1.807) is 0 Å². The molecule has 0 aromatic carbocycles. The molecular weight excluding hydrogens is 185 g/mol. The van der Waals surface area contributed by atoms with Crippen molar-refractivity contribution in [3.05, 3.63) is 0 Å². The van der Waals surface area contributed by atoms with Crippen molar-refractivity contribution in [2.24, 2.45) is 5.73 Å². The van der Waals surface area contributed by atoms with Gasteiger partial charge in [0.1, 0.15) is 0 Å². The van der Waals surface area contributed by atoms with E-state index in [1.165, 1.54) is 0 Å². The first-order valence-corrected chi connectivity index (χ1v) is 2.87. The average Bonchev–Trinajstić information content (AvgIpc) is 1.65. The fourth-order valence-electron chi connectivity index (χ4n) is 0. The van der Waals surface area contributed by atoms with Crippen LogP contribution < -0.4 is 40.4 Å². The van der Waals surface area contributed by atoms with Crippen LogP contribution >= 0.6 is 25.3 Å². The second kappa shape index (κ2) is 12.3. The molecule has 0 heterocycles. The minimum atomic E-state index is -1.13. The summed E-state index contributed by atoms with van der Waals surface area (Å²) in [5.74, 6) is -1.33. The van der Waals surface area contributed by atoms with Gasteiger partial charge in [-0.3, -0.25) is 4.79 Å². The average molecular weight is 191 g/mol. The zero-order valence-corrected chi connectivity index (χ0v) is 9.19. The molecule has 0 aliphatic carbocycles. The number of carboxylic acids is 1. The van der Waals surface area contributed by atoms with Crippen LogP contribution in [0.15, 0.2) is 0 Å². The Balaban J connectivity index is -0.0000000910. The number of hydrogen-bond donors (Lipinski definition) is 3. The summed E-state index contributed by atoms with van der Waals surface area (Å²) >= 11 is 6.46. The first kappa shape index (κ1) is 16.9. The van der Waals surface area contributed by atoms with E-state index in [9.17, 15) is 9.90 Å². The van der Waals surface area contributed by atoms with Gasteiger partial charge in [0.2, 0.25) is 0 Å². The van der Waals surface area contributed by atoms with Gasteiger partial charge in [-0.05, 0) is 0 Å². The van der Waals surface area contributed by atoms with Gasteiger partial charge in [0.15, 0.2) is 0 Å². The summed E-state index contributed by atoms with van der Waals surface area (Å²) in [6.07, 6.45) is 0. The second-order valence-electron chi connectivity index (χ2n) is 0.868. The summed E-state index contributed by atoms with van der Waals surface area (Å²) in [5.41, 5.74) is 4.34. The van der Waals surface area contributed by atoms with Gasteiger partial charge in [-0.2, -0.15) is 12.6 Å². The second-order valence-corrected chi connectivity index (χ2v) is 1.63. The Bertz CT molecular complexity index is 106. The molecule has 0 aromatic heterocycles. The van der Waals surface area contributed by atoms with Crippen LogP contribution in [-0.2, 0) is 4.79 Å². The molecule has 0 aliphatic heterocycles. The molecule has 10 heavy (non-hydrogen) atoms. The van der Waals surface area contributed by atoms with Crippen LogP contribution in [-0.4, -0.2) is 17.0 Å². The Morgan fingerprint density at radius 1 is 1.50 bits per heavy atom. The molecule has 4 nitrogen and oxygen atoms in total. The third-order valence-electron chi connectivity index (χ3n) is 0.129. The molecule has 0 fully saturated rings. The van der Waals surface area contributed by atoms with Gasteiger partial charge in [0.25, 0.3) is 5.24 Å². The number of amides is 1. The number of aliphatic carboxylic acids is 1. The fraction of sp³-hybridized carbons (Fsp3) is 0.333. The van der Waals surface area contributed by atoms with Crippen LogP contribution in [0.25, 0.3) is 0 Å². The Hall–Kier alpha value is 0.640. The number of nitrogens with two attached hydrogens (primary N) is 1. The van der Waals surface area contributed by atoms with Crippen LogP contribution in [0.2, 0.25) is 0 Å². The Kier molecular flexibility index (Phi) is 20.9. The van der Waals surface area contributed by atoms with Crippen molar-refractivity contribution in [2.75, 3.05) is 5.75 Å². The number of rotatable bonds is 1. The minimum Gasteiger partial charge on any atom is -0.549 e. The van der Waals surface area contributed by atoms with Crippen LogP contribution in [0.4, 0.5) is 4.79 Å². The number of primary amides is 1. The fourth-order valence-corrected chi connectivity index (χ4v) is 0. The molecule has 2 N–H and O–H groups in total. The Labute approximate surface area is 91.7 Å². The van der Waals surface area contributed by atoms with E-state index in [0.717, 1.165) is 0 Å². The number of carbonyl (C=O) groups is 2. The predicted octanol–water partition coefficient (Wildman–Crippen LogP) is -4.33. The molecule has 54 valence electrons. The first-order chi connectivity index (χ1) is 4.00. The monoisotopic (exact) mass is 191 g/mol. The SMILES string of the molecule is NC(=O)S.O=C([O-])CS.[Na+]. The first-order valence-electron chi connectivity index (χ1n) is 1.79. The molecule has 0 aromatic rings. The van der Waals surface area contributed by atoms with Gasteiger partial charge in [-0.25, -0.2) is 0 Å². The number of thiol groups is 2. The molecule has 0 unspecified atom stereocenters. The van der Waals surface area contributed by atoms with Gasteiger partial charge in [-0.1, -0.05) is 12.6 Å². The molecular formula is C3H6NNaO3S2. The molecule has 0 spiro atoms. The molecule has 1 amide bonds. The summed E-state index contributed by atoms with van der Waals surface area (Å²) in [4.78, 5) is 18.3. The van der Waals surface area contributed by atoms with Crippen LogP contribution in [0.3, 0.4) is 0 Å². The maximum atomic E-state index is 9.18. The van der Waals surface area contributed by atoms with Crippen molar-refractivity contribution in [3.63, 3.8) is 0 Å². The smallest absolute Gasteiger partial charge is 0.549 e. The molecule has 0 bridgehead atoms. The van der Waals surface area contributed by atoms with E-state index in [-0.39, 0.29) is 35.3 Å². The van der Waals surface area contributed by atoms with Crippen molar-refractivity contribution in [2.45, 2.75) is 0 Å². The van der Waals surface area contributed by atoms with Gasteiger partial charge in [-0.15, -0.1) is 0 Å². The Morgan fingerprint density at radius 2 is 1.60 bits per heavy atom. The molecule has 0 saturated carbocycles. The topological polar surface area (TPSA) is 83.2 Å². The summed E-state index contributed by atoms with van der Waals surface area (Å²) in [5, 5.41) is 8.54. The maximum Gasteiger partial charge on any atom is 1.00 e. The molecule has 0 rings (SSSR count).